The van der Waals surface area contributed by atoms with Crippen molar-refractivity contribution in [2.24, 2.45) is 0 Å². The second-order valence-corrected chi connectivity index (χ2v) is 8.57. The summed E-state index contributed by atoms with van der Waals surface area (Å²) in [6.45, 7) is 5.80. The van der Waals surface area contributed by atoms with E-state index in [0.29, 0.717) is 10.6 Å². The highest BCUT2D eigenvalue weighted by molar-refractivity contribution is 6.31. The van der Waals surface area contributed by atoms with E-state index in [-0.39, 0.29) is 0 Å². The lowest BCUT2D eigenvalue weighted by Crippen LogP contribution is -2.55. The molecule has 158 valence electrons. The molecule has 0 radical (unpaired) electrons. The lowest BCUT2D eigenvalue weighted by molar-refractivity contribution is -0.231. The van der Waals surface area contributed by atoms with Crippen LogP contribution in [0.4, 0.5) is 0 Å². The molecule has 3 rings (SSSR count). The number of halogens is 1. The van der Waals surface area contributed by atoms with Gasteiger partial charge in [-0.05, 0) is 34.7 Å². The largest absolute Gasteiger partial charge is 0.394 e. The Labute approximate surface area is 176 Å². The van der Waals surface area contributed by atoms with Gasteiger partial charge in [0.1, 0.15) is 30.5 Å². The minimum atomic E-state index is -1.42. The molecular weight excluding hydrogens is 392 g/mol. The maximum absolute atomic E-state index is 10.5. The molecule has 1 aliphatic rings. The molecule has 2 aromatic rings. The van der Waals surface area contributed by atoms with Crippen LogP contribution in [0, 0.1) is 0 Å². The number of ether oxygens (including phenoxy) is 1. The molecular formula is C23H29ClO5. The summed E-state index contributed by atoms with van der Waals surface area (Å²) in [7, 11) is 0. The highest BCUT2D eigenvalue weighted by Gasteiger charge is 2.44. The number of hydrogen-bond donors (Lipinski definition) is 4. The quantitative estimate of drug-likeness (QED) is 0.597. The van der Waals surface area contributed by atoms with Crippen LogP contribution in [0.2, 0.25) is 5.02 Å². The van der Waals surface area contributed by atoms with Crippen molar-refractivity contribution >= 4 is 11.6 Å². The van der Waals surface area contributed by atoms with Crippen LogP contribution in [-0.2, 0) is 16.6 Å². The van der Waals surface area contributed by atoms with Crippen molar-refractivity contribution in [3.8, 4) is 0 Å². The van der Waals surface area contributed by atoms with E-state index < -0.39 is 42.5 Å². The third kappa shape index (κ3) is 4.22. The molecule has 0 amide bonds. The Morgan fingerprint density at radius 1 is 0.966 bits per heavy atom. The van der Waals surface area contributed by atoms with E-state index in [2.05, 4.69) is 45.0 Å². The zero-order chi connectivity index (χ0) is 21.3. The van der Waals surface area contributed by atoms with E-state index in [9.17, 15) is 20.4 Å². The van der Waals surface area contributed by atoms with E-state index in [1.54, 1.807) is 12.1 Å². The Kier molecular flexibility index (Phi) is 6.68. The van der Waals surface area contributed by atoms with Crippen molar-refractivity contribution < 1.29 is 25.2 Å². The monoisotopic (exact) mass is 420 g/mol. The summed E-state index contributed by atoms with van der Waals surface area (Å²) in [5.41, 5.74) is 3.43. The third-order valence-electron chi connectivity index (χ3n) is 5.97. The van der Waals surface area contributed by atoms with Crippen LogP contribution < -0.4 is 0 Å². The Balaban J connectivity index is 1.99. The zero-order valence-electron chi connectivity index (χ0n) is 16.9. The average molecular weight is 421 g/mol. The standard InChI is InChI=1S/C23H29ClO5/c1-4-13-5-8-15(9-6-13)23(2,3)16-11-14(7-10-17(16)24)22-21(28)20(27)19(26)18(12-25)29-22/h5-11,18-22,25-28H,4,12H2,1-3H3. The van der Waals surface area contributed by atoms with Gasteiger partial charge in [-0.2, -0.15) is 0 Å². The molecule has 1 heterocycles. The lowest BCUT2D eigenvalue weighted by atomic mass is 9.76. The summed E-state index contributed by atoms with van der Waals surface area (Å²) < 4.78 is 5.71. The first-order chi connectivity index (χ1) is 13.7. The van der Waals surface area contributed by atoms with Crippen molar-refractivity contribution in [2.75, 3.05) is 6.61 Å². The minimum absolute atomic E-state index is 0.409. The number of hydrogen-bond acceptors (Lipinski definition) is 5. The molecule has 2 aromatic carbocycles. The van der Waals surface area contributed by atoms with E-state index in [1.165, 1.54) is 5.56 Å². The molecule has 1 fully saturated rings. The first kappa shape index (κ1) is 22.2. The van der Waals surface area contributed by atoms with Gasteiger partial charge in [-0.15, -0.1) is 0 Å². The number of aliphatic hydroxyl groups excluding tert-OH is 4. The molecule has 5 nitrogen and oxygen atoms in total. The van der Waals surface area contributed by atoms with Gasteiger partial charge in [0.2, 0.25) is 0 Å². The van der Waals surface area contributed by atoms with Crippen LogP contribution in [-0.4, -0.2) is 51.4 Å². The van der Waals surface area contributed by atoms with E-state index in [0.717, 1.165) is 17.5 Å². The molecule has 0 spiro atoms. The first-order valence-electron chi connectivity index (χ1n) is 9.90. The van der Waals surface area contributed by atoms with Gasteiger partial charge < -0.3 is 25.2 Å². The van der Waals surface area contributed by atoms with Crippen molar-refractivity contribution in [1.29, 1.82) is 0 Å². The van der Waals surface area contributed by atoms with Crippen molar-refractivity contribution in [3.05, 3.63) is 69.7 Å². The second-order valence-electron chi connectivity index (χ2n) is 8.16. The smallest absolute Gasteiger partial charge is 0.113 e. The fraction of sp³-hybridized carbons (Fsp3) is 0.478. The molecule has 0 aromatic heterocycles. The Bertz CT molecular complexity index is 834. The van der Waals surface area contributed by atoms with Gasteiger partial charge >= 0.3 is 0 Å². The van der Waals surface area contributed by atoms with Crippen molar-refractivity contribution in [2.45, 2.75) is 63.1 Å². The summed E-state index contributed by atoms with van der Waals surface area (Å²) in [6, 6.07) is 13.7. The summed E-state index contributed by atoms with van der Waals surface area (Å²) in [5.74, 6) is 0. The summed E-state index contributed by atoms with van der Waals surface area (Å²) in [6.07, 6.45) is -5.00. The Morgan fingerprint density at radius 3 is 2.21 bits per heavy atom. The number of benzene rings is 2. The number of aryl methyl sites for hydroxylation is 1. The second kappa shape index (κ2) is 8.72. The molecule has 1 aliphatic heterocycles. The van der Waals surface area contributed by atoms with Gasteiger partial charge in [0.15, 0.2) is 0 Å². The average Bonchev–Trinajstić information content (AvgIpc) is 2.73. The minimum Gasteiger partial charge on any atom is -0.394 e. The predicted octanol–water partition coefficient (Wildman–Crippen LogP) is 2.74. The van der Waals surface area contributed by atoms with Gasteiger partial charge in [-0.3, -0.25) is 0 Å². The molecule has 1 saturated heterocycles. The molecule has 5 unspecified atom stereocenters. The van der Waals surface area contributed by atoms with Gasteiger partial charge in [-0.1, -0.05) is 68.8 Å². The number of aliphatic hydroxyl groups is 4. The van der Waals surface area contributed by atoms with Crippen molar-refractivity contribution in [1.82, 2.24) is 0 Å². The molecule has 6 heteroatoms. The fourth-order valence-corrected chi connectivity index (χ4v) is 4.24. The van der Waals surface area contributed by atoms with Crippen LogP contribution in [0.15, 0.2) is 42.5 Å². The van der Waals surface area contributed by atoms with Gasteiger partial charge in [0.25, 0.3) is 0 Å². The van der Waals surface area contributed by atoms with Crippen LogP contribution >= 0.6 is 11.6 Å². The summed E-state index contributed by atoms with van der Waals surface area (Å²) in [5, 5.41) is 40.6. The van der Waals surface area contributed by atoms with Crippen molar-refractivity contribution in [3.63, 3.8) is 0 Å². The van der Waals surface area contributed by atoms with E-state index in [1.807, 2.05) is 6.07 Å². The molecule has 5 atom stereocenters. The molecule has 0 saturated carbocycles. The van der Waals surface area contributed by atoms with E-state index >= 15 is 0 Å². The Hall–Kier alpha value is -1.47. The maximum atomic E-state index is 10.5. The van der Waals surface area contributed by atoms with E-state index in [4.69, 9.17) is 16.3 Å². The van der Waals surface area contributed by atoms with Gasteiger partial charge in [-0.25, -0.2) is 0 Å². The molecule has 0 bridgehead atoms. The highest BCUT2D eigenvalue weighted by atomic mass is 35.5. The SMILES string of the molecule is CCc1ccc(C(C)(C)c2cc(C3OC(CO)C(O)C(O)C3O)ccc2Cl)cc1. The zero-order valence-corrected chi connectivity index (χ0v) is 17.7. The van der Waals surface area contributed by atoms with Crippen LogP contribution in [0.5, 0.6) is 0 Å². The molecule has 29 heavy (non-hydrogen) atoms. The summed E-state index contributed by atoms with van der Waals surface area (Å²) in [4.78, 5) is 0. The first-order valence-corrected chi connectivity index (χ1v) is 10.3. The fourth-order valence-electron chi connectivity index (χ4n) is 3.89. The Morgan fingerprint density at radius 2 is 1.62 bits per heavy atom. The molecule has 4 N–H and O–H groups in total. The normalized spacial score (nSPS) is 27.8. The summed E-state index contributed by atoms with van der Waals surface area (Å²) >= 11 is 6.54. The van der Waals surface area contributed by atoms with Crippen LogP contribution in [0.25, 0.3) is 0 Å². The third-order valence-corrected chi connectivity index (χ3v) is 6.30. The van der Waals surface area contributed by atoms with Crippen LogP contribution in [0.1, 0.15) is 49.1 Å². The predicted molar refractivity (Wildman–Crippen MR) is 112 cm³/mol. The molecule has 0 aliphatic carbocycles. The topological polar surface area (TPSA) is 90.2 Å². The maximum Gasteiger partial charge on any atom is 0.113 e. The highest BCUT2D eigenvalue weighted by Crippen LogP contribution is 2.40. The van der Waals surface area contributed by atoms with Gasteiger partial charge in [0.05, 0.1) is 6.61 Å². The van der Waals surface area contributed by atoms with Gasteiger partial charge in [0, 0.05) is 10.4 Å². The van der Waals surface area contributed by atoms with Crippen LogP contribution in [0.3, 0.4) is 0 Å². The number of rotatable bonds is 5. The lowest BCUT2D eigenvalue weighted by Gasteiger charge is -2.40.